The first-order valence-electron chi connectivity index (χ1n) is 12.3. The second kappa shape index (κ2) is 11.4. The number of carbonyl (C=O) groups excluding carboxylic acids is 3. The van der Waals surface area contributed by atoms with E-state index in [0.29, 0.717) is 0 Å². The fourth-order valence-corrected chi connectivity index (χ4v) is 5.38. The Morgan fingerprint density at radius 3 is 1.72 bits per heavy atom. The molecule has 1 heterocycles. The van der Waals surface area contributed by atoms with Gasteiger partial charge in [0.1, 0.15) is 13.2 Å². The van der Waals surface area contributed by atoms with Gasteiger partial charge in [0.15, 0.2) is 14.2 Å². The van der Waals surface area contributed by atoms with Gasteiger partial charge >= 0.3 is 11.9 Å². The van der Waals surface area contributed by atoms with E-state index in [2.05, 4.69) is 39.2 Å². The number of hydrogen-bond donors (Lipinski definition) is 1. The zero-order chi connectivity index (χ0) is 26.5. The Balaban J connectivity index is 1.78. The fourth-order valence-electron chi connectivity index (χ4n) is 3.95. The second-order valence-electron chi connectivity index (χ2n) is 10.8. The van der Waals surface area contributed by atoms with Crippen molar-refractivity contribution in [3.63, 3.8) is 0 Å². The normalized spacial score (nSPS) is 18.7. The molecule has 1 N–H and O–H groups in total. The maximum Gasteiger partial charge on any atom is 0.322 e. The lowest BCUT2D eigenvalue weighted by molar-refractivity contribution is -0.170. The number of esters is 2. The highest BCUT2D eigenvalue weighted by molar-refractivity contribution is 6.74. The summed E-state index contributed by atoms with van der Waals surface area (Å²) in [7, 11) is -2.19. The molecule has 0 saturated carbocycles. The molecule has 1 saturated heterocycles. The van der Waals surface area contributed by atoms with Crippen LogP contribution in [0.3, 0.4) is 0 Å². The van der Waals surface area contributed by atoms with Crippen LogP contribution in [0.15, 0.2) is 60.7 Å². The lowest BCUT2D eigenvalue weighted by Crippen LogP contribution is -2.68. The van der Waals surface area contributed by atoms with E-state index in [4.69, 9.17) is 13.9 Å². The minimum absolute atomic E-state index is 0.0174. The summed E-state index contributed by atoms with van der Waals surface area (Å²) in [5, 5.41) is 2.70. The Morgan fingerprint density at radius 2 is 1.33 bits per heavy atom. The zero-order valence-electron chi connectivity index (χ0n) is 21.9. The summed E-state index contributed by atoms with van der Waals surface area (Å²) < 4.78 is 17.5. The van der Waals surface area contributed by atoms with Crippen LogP contribution >= 0.6 is 0 Å². The van der Waals surface area contributed by atoms with Gasteiger partial charge in [-0.05, 0) is 36.2 Å². The quantitative estimate of drug-likeness (QED) is 0.217. The summed E-state index contributed by atoms with van der Waals surface area (Å²) in [6.07, 6.45) is -0.476. The molecule has 2 aromatic carbocycles. The smallest absolute Gasteiger partial charge is 0.322 e. The topological polar surface area (TPSA) is 90.9 Å². The van der Waals surface area contributed by atoms with Gasteiger partial charge in [-0.3, -0.25) is 14.4 Å². The van der Waals surface area contributed by atoms with Crippen molar-refractivity contribution in [2.24, 2.45) is 11.8 Å². The molecule has 1 aliphatic heterocycles. The number of ether oxygens (including phenoxy) is 2. The van der Waals surface area contributed by atoms with E-state index in [0.717, 1.165) is 11.1 Å². The molecular formula is C28H37NO6Si. The second-order valence-corrected chi connectivity index (χ2v) is 15.6. The van der Waals surface area contributed by atoms with Crippen molar-refractivity contribution in [2.75, 3.05) is 0 Å². The molecule has 0 aliphatic carbocycles. The van der Waals surface area contributed by atoms with Crippen molar-refractivity contribution in [1.29, 1.82) is 0 Å². The standard InChI is InChI=1S/C28H37NO6Si/c1-19(35-36(5,6)28(2,3)4)22-24(29-25(22)30)23(26(31)33-17-20-13-9-7-10-14-20)27(32)34-18-21-15-11-8-12-16-21/h7-16,19,22-24H,17-18H2,1-6H3,(H,29,30)/t19?,22-,24+/m1/s1. The molecule has 3 rings (SSSR count). The molecule has 0 radical (unpaired) electrons. The third-order valence-corrected chi connectivity index (χ3v) is 11.7. The van der Waals surface area contributed by atoms with Gasteiger partial charge in [-0.25, -0.2) is 0 Å². The number of β-lactam (4-membered cyclic amide) rings is 1. The third kappa shape index (κ3) is 6.62. The Labute approximate surface area is 214 Å². The van der Waals surface area contributed by atoms with Crippen molar-refractivity contribution < 1.29 is 28.3 Å². The van der Waals surface area contributed by atoms with E-state index in [9.17, 15) is 14.4 Å². The van der Waals surface area contributed by atoms with Crippen LogP contribution in [0.1, 0.15) is 38.8 Å². The molecule has 0 aromatic heterocycles. The predicted molar refractivity (Wildman–Crippen MR) is 139 cm³/mol. The molecule has 1 unspecified atom stereocenters. The molecule has 194 valence electrons. The molecule has 2 aromatic rings. The Morgan fingerprint density at radius 1 is 0.889 bits per heavy atom. The average Bonchev–Trinajstić information content (AvgIpc) is 2.81. The van der Waals surface area contributed by atoms with Gasteiger partial charge in [0.25, 0.3) is 0 Å². The van der Waals surface area contributed by atoms with Gasteiger partial charge in [-0.15, -0.1) is 0 Å². The van der Waals surface area contributed by atoms with Gasteiger partial charge in [-0.2, -0.15) is 0 Å². The first kappa shape index (κ1) is 27.6. The van der Waals surface area contributed by atoms with E-state index < -0.39 is 44.2 Å². The highest BCUT2D eigenvalue weighted by atomic mass is 28.4. The Bertz CT molecular complexity index is 995. The van der Waals surface area contributed by atoms with Gasteiger partial charge in [0.2, 0.25) is 5.91 Å². The van der Waals surface area contributed by atoms with E-state index >= 15 is 0 Å². The van der Waals surface area contributed by atoms with Crippen LogP contribution in [-0.4, -0.2) is 38.3 Å². The highest BCUT2D eigenvalue weighted by Crippen LogP contribution is 2.39. The fraction of sp³-hybridized carbons (Fsp3) is 0.464. The first-order chi connectivity index (χ1) is 16.9. The molecule has 0 bridgehead atoms. The lowest BCUT2D eigenvalue weighted by atomic mass is 9.78. The van der Waals surface area contributed by atoms with Gasteiger partial charge in [-0.1, -0.05) is 81.4 Å². The molecule has 1 amide bonds. The van der Waals surface area contributed by atoms with Crippen LogP contribution in [0.2, 0.25) is 18.1 Å². The average molecular weight is 512 g/mol. The number of amides is 1. The summed E-state index contributed by atoms with van der Waals surface area (Å²) in [6, 6.07) is 17.7. The summed E-state index contributed by atoms with van der Waals surface area (Å²) in [5.74, 6) is -3.68. The Kier molecular flexibility index (Phi) is 8.74. The van der Waals surface area contributed by atoms with E-state index in [1.54, 1.807) is 0 Å². The number of benzene rings is 2. The molecule has 1 fully saturated rings. The molecule has 8 heteroatoms. The van der Waals surface area contributed by atoms with Crippen LogP contribution in [0.25, 0.3) is 0 Å². The number of hydrogen-bond acceptors (Lipinski definition) is 6. The van der Waals surface area contributed by atoms with Crippen molar-refractivity contribution >= 4 is 26.2 Å². The summed E-state index contributed by atoms with van der Waals surface area (Å²) in [4.78, 5) is 39.1. The minimum Gasteiger partial charge on any atom is -0.460 e. The van der Waals surface area contributed by atoms with Crippen molar-refractivity contribution in [3.8, 4) is 0 Å². The maximum atomic E-state index is 13.2. The van der Waals surface area contributed by atoms with Gasteiger partial charge < -0.3 is 19.2 Å². The number of carbonyl (C=O) groups is 3. The minimum atomic E-state index is -2.19. The van der Waals surface area contributed by atoms with Crippen molar-refractivity contribution in [2.45, 2.75) is 71.2 Å². The van der Waals surface area contributed by atoms with E-state index in [1.165, 1.54) is 0 Å². The third-order valence-electron chi connectivity index (χ3n) is 7.11. The SMILES string of the molecule is CC(O[Si](C)(C)C(C)(C)C)[C@H]1C(=O)N[C@@H]1C(C(=O)OCc1ccccc1)C(=O)OCc1ccccc1. The lowest BCUT2D eigenvalue weighted by Gasteiger charge is -2.46. The highest BCUT2D eigenvalue weighted by Gasteiger charge is 2.55. The van der Waals surface area contributed by atoms with Gasteiger partial charge in [0, 0.05) is 0 Å². The molecular weight excluding hydrogens is 474 g/mol. The predicted octanol–water partition coefficient (Wildman–Crippen LogP) is 4.61. The molecule has 3 atom stereocenters. The first-order valence-corrected chi connectivity index (χ1v) is 15.2. The van der Waals surface area contributed by atoms with Crippen molar-refractivity contribution in [1.82, 2.24) is 5.32 Å². The zero-order valence-corrected chi connectivity index (χ0v) is 22.9. The molecule has 36 heavy (non-hydrogen) atoms. The van der Waals surface area contributed by atoms with Crippen LogP contribution in [0.5, 0.6) is 0 Å². The molecule has 1 aliphatic rings. The number of rotatable bonds is 10. The van der Waals surface area contributed by atoms with Crippen molar-refractivity contribution in [3.05, 3.63) is 71.8 Å². The summed E-state index contributed by atoms with van der Waals surface area (Å²) in [5.41, 5.74) is 1.59. The monoisotopic (exact) mass is 511 g/mol. The largest absolute Gasteiger partial charge is 0.460 e. The molecule has 0 spiro atoms. The van der Waals surface area contributed by atoms with Crippen LogP contribution in [-0.2, 0) is 41.5 Å². The maximum absolute atomic E-state index is 13.2. The van der Waals surface area contributed by atoms with Gasteiger partial charge in [0.05, 0.1) is 18.1 Å². The number of nitrogens with one attached hydrogen (secondary N) is 1. The van der Waals surface area contributed by atoms with E-state index in [-0.39, 0.29) is 24.2 Å². The summed E-state index contributed by atoms with van der Waals surface area (Å²) in [6.45, 7) is 12.4. The van der Waals surface area contributed by atoms with Crippen LogP contribution < -0.4 is 5.32 Å². The Hall–Kier alpha value is -2.97. The summed E-state index contributed by atoms with van der Waals surface area (Å²) >= 11 is 0. The van der Waals surface area contributed by atoms with Crippen LogP contribution in [0.4, 0.5) is 0 Å². The van der Waals surface area contributed by atoms with E-state index in [1.807, 2.05) is 67.6 Å². The molecule has 7 nitrogen and oxygen atoms in total. The van der Waals surface area contributed by atoms with Crippen LogP contribution in [0, 0.1) is 11.8 Å².